The van der Waals surface area contributed by atoms with Gasteiger partial charge < -0.3 is 20.3 Å². The minimum atomic E-state index is 0.232. The number of nitrogens with one attached hydrogen (secondary N) is 2. The van der Waals surface area contributed by atoms with Gasteiger partial charge in [0, 0.05) is 32.7 Å². The topological polar surface area (TPSA) is 53.6 Å². The Morgan fingerprint density at radius 3 is 2.65 bits per heavy atom. The number of nitrogens with zero attached hydrogens (tertiary/aromatic N) is 1. The summed E-state index contributed by atoms with van der Waals surface area (Å²) in [5.41, 5.74) is 0. The van der Waals surface area contributed by atoms with Crippen LogP contribution in [0.4, 0.5) is 0 Å². The average molecular weight is 283 g/mol. The van der Waals surface area contributed by atoms with Gasteiger partial charge in [-0.1, -0.05) is 0 Å². The summed E-state index contributed by atoms with van der Waals surface area (Å²) < 4.78 is 5.03. The fourth-order valence-corrected chi connectivity index (χ4v) is 2.68. The van der Waals surface area contributed by atoms with Gasteiger partial charge in [0.05, 0.1) is 6.61 Å². The van der Waals surface area contributed by atoms with Crippen molar-refractivity contribution in [3.05, 3.63) is 0 Å². The predicted octanol–water partition coefficient (Wildman–Crippen LogP) is 0.603. The molecule has 0 unspecified atom stereocenters. The summed E-state index contributed by atoms with van der Waals surface area (Å²) in [6.45, 7) is 6.01. The van der Waals surface area contributed by atoms with E-state index in [2.05, 4.69) is 15.5 Å². The zero-order valence-electron chi connectivity index (χ0n) is 12.7. The minimum absolute atomic E-state index is 0.232. The van der Waals surface area contributed by atoms with E-state index in [-0.39, 0.29) is 5.91 Å². The van der Waals surface area contributed by atoms with E-state index < -0.39 is 0 Å². The number of hydrogen-bond acceptors (Lipinski definition) is 4. The number of carbonyl (C=O) groups is 1. The molecule has 1 heterocycles. The first-order chi connectivity index (χ1) is 9.78. The molecule has 1 saturated carbocycles. The van der Waals surface area contributed by atoms with E-state index in [1.807, 2.05) is 0 Å². The van der Waals surface area contributed by atoms with Crippen molar-refractivity contribution in [3.63, 3.8) is 0 Å². The Bertz CT molecular complexity index is 287. The molecule has 5 nitrogen and oxygen atoms in total. The molecule has 1 amide bonds. The van der Waals surface area contributed by atoms with E-state index in [1.54, 1.807) is 7.11 Å². The number of methoxy groups -OCH3 is 1. The van der Waals surface area contributed by atoms with Gasteiger partial charge in [-0.2, -0.15) is 0 Å². The van der Waals surface area contributed by atoms with Crippen LogP contribution in [0.25, 0.3) is 0 Å². The molecule has 0 aromatic heterocycles. The number of rotatable bonds is 9. The first-order valence-electron chi connectivity index (χ1n) is 7.99. The van der Waals surface area contributed by atoms with Gasteiger partial charge in [-0.25, -0.2) is 0 Å². The van der Waals surface area contributed by atoms with Crippen LogP contribution < -0.4 is 10.6 Å². The third-order valence-electron chi connectivity index (χ3n) is 4.22. The lowest BCUT2D eigenvalue weighted by Crippen LogP contribution is -2.39. The van der Waals surface area contributed by atoms with Crippen molar-refractivity contribution in [1.82, 2.24) is 15.5 Å². The standard InChI is InChI=1S/C15H29N3O2/c1-20-11-7-16-12-13-4-8-18(9-5-13)10-6-15(19)17-14-2-3-14/h13-14,16H,2-12H2,1H3,(H,17,19). The van der Waals surface area contributed by atoms with Crippen molar-refractivity contribution >= 4 is 5.91 Å². The van der Waals surface area contributed by atoms with Crippen molar-refractivity contribution in [3.8, 4) is 0 Å². The lowest BCUT2D eigenvalue weighted by atomic mass is 9.96. The summed E-state index contributed by atoms with van der Waals surface area (Å²) in [7, 11) is 1.74. The number of likely N-dealkylation sites (tertiary alicyclic amines) is 1. The monoisotopic (exact) mass is 283 g/mol. The highest BCUT2D eigenvalue weighted by atomic mass is 16.5. The van der Waals surface area contributed by atoms with Gasteiger partial charge in [0.25, 0.3) is 0 Å². The Balaban J connectivity index is 1.49. The molecule has 2 N–H and O–H groups in total. The molecule has 0 aromatic carbocycles. The maximum atomic E-state index is 11.6. The SMILES string of the molecule is COCCNCC1CCN(CCC(=O)NC2CC2)CC1. The maximum Gasteiger partial charge on any atom is 0.221 e. The van der Waals surface area contributed by atoms with Crippen LogP contribution >= 0.6 is 0 Å². The zero-order chi connectivity index (χ0) is 14.2. The van der Waals surface area contributed by atoms with Gasteiger partial charge in [-0.15, -0.1) is 0 Å². The molecule has 2 aliphatic rings. The summed E-state index contributed by atoms with van der Waals surface area (Å²) in [6, 6.07) is 0.492. The van der Waals surface area contributed by atoms with E-state index in [1.165, 1.54) is 25.7 Å². The molecule has 20 heavy (non-hydrogen) atoms. The van der Waals surface area contributed by atoms with E-state index in [0.717, 1.165) is 45.2 Å². The Hall–Kier alpha value is -0.650. The molecule has 0 aromatic rings. The molecule has 1 aliphatic heterocycles. The molecule has 0 atom stereocenters. The molecular weight excluding hydrogens is 254 g/mol. The summed E-state index contributed by atoms with van der Waals surface area (Å²) in [4.78, 5) is 14.1. The van der Waals surface area contributed by atoms with Crippen LogP contribution in [0.3, 0.4) is 0 Å². The van der Waals surface area contributed by atoms with Gasteiger partial charge in [0.2, 0.25) is 5.91 Å². The van der Waals surface area contributed by atoms with E-state index in [9.17, 15) is 4.79 Å². The van der Waals surface area contributed by atoms with Gasteiger partial charge in [0.15, 0.2) is 0 Å². The molecule has 0 bridgehead atoms. The first-order valence-corrected chi connectivity index (χ1v) is 7.99. The average Bonchev–Trinajstić information content (AvgIpc) is 3.26. The van der Waals surface area contributed by atoms with Gasteiger partial charge >= 0.3 is 0 Å². The highest BCUT2D eigenvalue weighted by molar-refractivity contribution is 5.76. The molecular formula is C15H29N3O2. The molecule has 5 heteroatoms. The van der Waals surface area contributed by atoms with E-state index in [4.69, 9.17) is 4.74 Å². The fourth-order valence-electron chi connectivity index (χ4n) is 2.68. The van der Waals surface area contributed by atoms with Gasteiger partial charge in [-0.3, -0.25) is 4.79 Å². The Morgan fingerprint density at radius 1 is 1.25 bits per heavy atom. The second-order valence-corrected chi connectivity index (χ2v) is 6.07. The Labute approximate surface area is 122 Å². The van der Waals surface area contributed by atoms with Gasteiger partial charge in [0.1, 0.15) is 0 Å². The number of piperidine rings is 1. The highest BCUT2D eigenvalue weighted by Crippen LogP contribution is 2.19. The van der Waals surface area contributed by atoms with Crippen LogP contribution in [0.15, 0.2) is 0 Å². The lowest BCUT2D eigenvalue weighted by molar-refractivity contribution is -0.121. The van der Waals surface area contributed by atoms with Gasteiger partial charge in [-0.05, 0) is 51.2 Å². The number of carbonyl (C=O) groups excluding carboxylic acids is 1. The highest BCUT2D eigenvalue weighted by Gasteiger charge is 2.24. The van der Waals surface area contributed by atoms with Crippen molar-refractivity contribution < 1.29 is 9.53 Å². The van der Waals surface area contributed by atoms with Crippen LogP contribution in [0.5, 0.6) is 0 Å². The fraction of sp³-hybridized carbons (Fsp3) is 0.933. The van der Waals surface area contributed by atoms with Crippen LogP contribution in [0, 0.1) is 5.92 Å². The summed E-state index contributed by atoms with van der Waals surface area (Å²) in [6.07, 6.45) is 5.49. The van der Waals surface area contributed by atoms with E-state index in [0.29, 0.717) is 12.5 Å². The molecule has 1 aliphatic carbocycles. The number of amides is 1. The molecule has 0 spiro atoms. The number of ether oxygens (including phenoxy) is 1. The molecule has 2 fully saturated rings. The Morgan fingerprint density at radius 2 is 2.00 bits per heavy atom. The molecule has 2 rings (SSSR count). The number of hydrogen-bond donors (Lipinski definition) is 2. The van der Waals surface area contributed by atoms with Crippen LogP contribution in [0.1, 0.15) is 32.1 Å². The van der Waals surface area contributed by atoms with Crippen molar-refractivity contribution in [2.24, 2.45) is 5.92 Å². The largest absolute Gasteiger partial charge is 0.383 e. The van der Waals surface area contributed by atoms with Crippen molar-refractivity contribution in [2.45, 2.75) is 38.1 Å². The first kappa shape index (κ1) is 15.7. The lowest BCUT2D eigenvalue weighted by Gasteiger charge is -2.31. The van der Waals surface area contributed by atoms with Crippen LogP contribution in [-0.4, -0.2) is 63.3 Å². The molecule has 0 radical (unpaired) electrons. The third-order valence-corrected chi connectivity index (χ3v) is 4.22. The Kier molecular flexibility index (Phi) is 6.76. The van der Waals surface area contributed by atoms with Crippen LogP contribution in [-0.2, 0) is 9.53 Å². The van der Waals surface area contributed by atoms with Crippen LogP contribution in [0.2, 0.25) is 0 Å². The second kappa shape index (κ2) is 8.60. The quantitative estimate of drug-likeness (QED) is 0.609. The smallest absolute Gasteiger partial charge is 0.221 e. The maximum absolute atomic E-state index is 11.6. The zero-order valence-corrected chi connectivity index (χ0v) is 12.7. The third kappa shape index (κ3) is 6.20. The summed E-state index contributed by atoms with van der Waals surface area (Å²) in [5.74, 6) is 1.01. The van der Waals surface area contributed by atoms with E-state index >= 15 is 0 Å². The second-order valence-electron chi connectivity index (χ2n) is 6.07. The van der Waals surface area contributed by atoms with Crippen molar-refractivity contribution in [2.75, 3.05) is 46.4 Å². The van der Waals surface area contributed by atoms with Crippen molar-refractivity contribution in [1.29, 1.82) is 0 Å². The summed E-state index contributed by atoms with van der Waals surface area (Å²) >= 11 is 0. The normalized spacial score (nSPS) is 21.1. The molecule has 116 valence electrons. The summed E-state index contributed by atoms with van der Waals surface area (Å²) in [5, 5.41) is 6.50. The molecule has 1 saturated heterocycles. The minimum Gasteiger partial charge on any atom is -0.383 e. The predicted molar refractivity (Wildman–Crippen MR) is 79.7 cm³/mol.